The molecule has 16 heavy (non-hydrogen) atoms. The van der Waals surface area contributed by atoms with Crippen LogP contribution in [0.1, 0.15) is 25.7 Å². The summed E-state index contributed by atoms with van der Waals surface area (Å²) in [5.74, 6) is 0. The molecule has 2 rings (SSSR count). The number of aromatic nitrogens is 2. The zero-order valence-electron chi connectivity index (χ0n) is 9.80. The predicted octanol–water partition coefficient (Wildman–Crippen LogP) is 1.12. The van der Waals surface area contributed by atoms with E-state index in [-0.39, 0.29) is 5.56 Å². The van der Waals surface area contributed by atoms with Crippen molar-refractivity contribution in [3.8, 4) is 0 Å². The maximum Gasteiger partial charge on any atom is 0.253 e. The van der Waals surface area contributed by atoms with E-state index in [1.54, 1.807) is 17.1 Å². The molecule has 0 amide bonds. The van der Waals surface area contributed by atoms with E-state index in [1.807, 2.05) is 0 Å². The lowest BCUT2D eigenvalue weighted by Gasteiger charge is -2.32. The monoisotopic (exact) mass is 221 g/mol. The van der Waals surface area contributed by atoms with Crippen LogP contribution in [-0.2, 0) is 6.54 Å². The first-order chi connectivity index (χ1) is 7.77. The molecule has 1 saturated heterocycles. The molecule has 1 fully saturated rings. The maximum absolute atomic E-state index is 11.5. The van der Waals surface area contributed by atoms with E-state index in [0.29, 0.717) is 6.04 Å². The molecule has 88 valence electrons. The zero-order chi connectivity index (χ0) is 11.4. The summed E-state index contributed by atoms with van der Waals surface area (Å²) in [7, 11) is 2.18. The minimum atomic E-state index is 0.0495. The number of nitrogens with zero attached hydrogens (tertiary/aromatic N) is 3. The number of rotatable bonds is 3. The Morgan fingerprint density at radius 2 is 2.38 bits per heavy atom. The van der Waals surface area contributed by atoms with Gasteiger partial charge in [-0.3, -0.25) is 9.36 Å². The lowest BCUT2D eigenvalue weighted by molar-refractivity contribution is 0.170. The molecule has 1 unspecified atom stereocenters. The Labute approximate surface area is 95.9 Å². The van der Waals surface area contributed by atoms with Crippen LogP contribution in [0.4, 0.5) is 0 Å². The van der Waals surface area contributed by atoms with Crippen LogP contribution in [0, 0.1) is 0 Å². The molecule has 0 aliphatic carbocycles. The second-order valence-electron chi connectivity index (χ2n) is 4.53. The van der Waals surface area contributed by atoms with Crippen molar-refractivity contribution in [3.05, 3.63) is 28.9 Å². The van der Waals surface area contributed by atoms with Gasteiger partial charge in [0.1, 0.15) is 0 Å². The fraction of sp³-hybridized carbons (Fsp3) is 0.667. The molecule has 1 aromatic rings. The van der Waals surface area contributed by atoms with E-state index in [2.05, 4.69) is 16.9 Å². The molecule has 0 spiro atoms. The molecule has 4 heteroatoms. The molecule has 1 aromatic heterocycles. The van der Waals surface area contributed by atoms with Crippen LogP contribution in [0.3, 0.4) is 0 Å². The van der Waals surface area contributed by atoms with Crippen molar-refractivity contribution in [2.45, 2.75) is 38.3 Å². The first-order valence-electron chi connectivity index (χ1n) is 5.98. The standard InChI is InChI=1S/C12H19N3O/c1-14-8-3-2-4-11(14)6-9-15-10-13-7-5-12(15)16/h5,7,10-11H,2-4,6,8-9H2,1H3. The highest BCUT2D eigenvalue weighted by molar-refractivity contribution is 4.83. The topological polar surface area (TPSA) is 38.1 Å². The van der Waals surface area contributed by atoms with Gasteiger partial charge < -0.3 is 4.90 Å². The molecule has 1 aliphatic heterocycles. The van der Waals surface area contributed by atoms with Crippen LogP contribution in [0.5, 0.6) is 0 Å². The summed E-state index contributed by atoms with van der Waals surface area (Å²) in [4.78, 5) is 17.9. The Hall–Kier alpha value is -1.16. The van der Waals surface area contributed by atoms with Crippen LogP contribution in [0.15, 0.2) is 23.4 Å². The normalized spacial score (nSPS) is 22.2. The minimum absolute atomic E-state index is 0.0495. The highest BCUT2D eigenvalue weighted by Crippen LogP contribution is 2.17. The highest BCUT2D eigenvalue weighted by atomic mass is 16.1. The van der Waals surface area contributed by atoms with Gasteiger partial charge in [-0.25, -0.2) is 4.98 Å². The highest BCUT2D eigenvalue weighted by Gasteiger charge is 2.18. The van der Waals surface area contributed by atoms with Crippen molar-refractivity contribution >= 4 is 0 Å². The van der Waals surface area contributed by atoms with Gasteiger partial charge in [-0.05, 0) is 32.9 Å². The smallest absolute Gasteiger partial charge is 0.253 e. The van der Waals surface area contributed by atoms with E-state index in [1.165, 1.54) is 31.9 Å². The van der Waals surface area contributed by atoms with Crippen molar-refractivity contribution in [2.75, 3.05) is 13.6 Å². The summed E-state index contributed by atoms with van der Waals surface area (Å²) in [6.07, 6.45) is 8.10. The molecule has 0 radical (unpaired) electrons. The molecule has 0 aromatic carbocycles. The van der Waals surface area contributed by atoms with Crippen LogP contribution in [0.25, 0.3) is 0 Å². The van der Waals surface area contributed by atoms with E-state index in [0.717, 1.165) is 13.0 Å². The third-order valence-corrected chi connectivity index (χ3v) is 3.42. The molecular formula is C12H19N3O. The van der Waals surface area contributed by atoms with Gasteiger partial charge >= 0.3 is 0 Å². The molecule has 0 N–H and O–H groups in total. The van der Waals surface area contributed by atoms with Crippen molar-refractivity contribution in [3.63, 3.8) is 0 Å². The maximum atomic E-state index is 11.5. The van der Waals surface area contributed by atoms with Crippen molar-refractivity contribution in [2.24, 2.45) is 0 Å². The predicted molar refractivity (Wildman–Crippen MR) is 63.4 cm³/mol. The van der Waals surface area contributed by atoms with Gasteiger partial charge in [0, 0.05) is 24.8 Å². The van der Waals surface area contributed by atoms with Gasteiger partial charge in [-0.15, -0.1) is 0 Å². The average Bonchev–Trinajstić information content (AvgIpc) is 2.30. The minimum Gasteiger partial charge on any atom is -0.303 e. The third-order valence-electron chi connectivity index (χ3n) is 3.42. The van der Waals surface area contributed by atoms with Gasteiger partial charge in [0.05, 0.1) is 6.33 Å². The Bertz CT molecular complexity index is 388. The summed E-state index contributed by atoms with van der Waals surface area (Å²) in [5, 5.41) is 0. The molecule has 1 atom stereocenters. The summed E-state index contributed by atoms with van der Waals surface area (Å²) in [6, 6.07) is 2.14. The van der Waals surface area contributed by atoms with Gasteiger partial charge in [-0.2, -0.15) is 0 Å². The first-order valence-corrected chi connectivity index (χ1v) is 5.98. The van der Waals surface area contributed by atoms with Crippen LogP contribution in [-0.4, -0.2) is 34.1 Å². The molecule has 2 heterocycles. The quantitative estimate of drug-likeness (QED) is 0.767. The van der Waals surface area contributed by atoms with E-state index in [4.69, 9.17) is 0 Å². The van der Waals surface area contributed by atoms with Gasteiger partial charge in [-0.1, -0.05) is 6.42 Å². The lowest BCUT2D eigenvalue weighted by Crippen LogP contribution is -2.37. The summed E-state index contributed by atoms with van der Waals surface area (Å²) >= 11 is 0. The van der Waals surface area contributed by atoms with E-state index >= 15 is 0 Å². The van der Waals surface area contributed by atoms with Crippen LogP contribution >= 0.6 is 0 Å². The number of hydrogen-bond donors (Lipinski definition) is 0. The van der Waals surface area contributed by atoms with Gasteiger partial charge in [0.2, 0.25) is 0 Å². The zero-order valence-corrected chi connectivity index (χ0v) is 9.80. The fourth-order valence-corrected chi connectivity index (χ4v) is 2.34. The molecule has 0 saturated carbocycles. The Morgan fingerprint density at radius 3 is 3.12 bits per heavy atom. The van der Waals surface area contributed by atoms with Crippen LogP contribution < -0.4 is 5.56 Å². The van der Waals surface area contributed by atoms with Crippen LogP contribution in [0.2, 0.25) is 0 Å². The molecule has 1 aliphatic rings. The fourth-order valence-electron chi connectivity index (χ4n) is 2.34. The average molecular weight is 221 g/mol. The Morgan fingerprint density at radius 1 is 1.50 bits per heavy atom. The summed E-state index contributed by atoms with van der Waals surface area (Å²) in [6.45, 7) is 1.97. The second kappa shape index (κ2) is 5.25. The van der Waals surface area contributed by atoms with E-state index in [9.17, 15) is 4.79 Å². The Balaban J connectivity index is 1.92. The van der Waals surface area contributed by atoms with Crippen molar-refractivity contribution < 1.29 is 0 Å². The summed E-state index contributed by atoms with van der Waals surface area (Å²) in [5.41, 5.74) is 0.0495. The van der Waals surface area contributed by atoms with Gasteiger partial charge in [0.15, 0.2) is 0 Å². The third kappa shape index (κ3) is 2.70. The second-order valence-corrected chi connectivity index (χ2v) is 4.53. The number of likely N-dealkylation sites (tertiary alicyclic amines) is 1. The Kier molecular flexibility index (Phi) is 3.72. The molecular weight excluding hydrogens is 202 g/mol. The van der Waals surface area contributed by atoms with E-state index < -0.39 is 0 Å². The molecule has 4 nitrogen and oxygen atoms in total. The molecule has 0 bridgehead atoms. The summed E-state index contributed by atoms with van der Waals surface area (Å²) < 4.78 is 1.70. The largest absolute Gasteiger partial charge is 0.303 e. The lowest BCUT2D eigenvalue weighted by atomic mass is 10.0. The van der Waals surface area contributed by atoms with Crippen molar-refractivity contribution in [1.82, 2.24) is 14.5 Å². The SMILES string of the molecule is CN1CCCCC1CCn1cnccc1=O. The first kappa shape index (κ1) is 11.3. The van der Waals surface area contributed by atoms with Crippen molar-refractivity contribution in [1.29, 1.82) is 0 Å². The van der Waals surface area contributed by atoms with Gasteiger partial charge in [0.25, 0.3) is 5.56 Å². The number of hydrogen-bond acceptors (Lipinski definition) is 3. The number of piperidine rings is 1. The number of aryl methyl sites for hydroxylation is 1.